The molecule has 4 heteroatoms. The lowest BCUT2D eigenvalue weighted by Crippen LogP contribution is -2.47. The fourth-order valence-corrected chi connectivity index (χ4v) is 2.06. The molecule has 1 rings (SSSR count). The largest absolute Gasteiger partial charge is 0.480 e. The fraction of sp³-hybridized carbons (Fsp3) is 0.636. The molecule has 0 spiro atoms. The Morgan fingerprint density at radius 3 is 2.47 bits per heavy atom. The van der Waals surface area contributed by atoms with E-state index < -0.39 is 5.97 Å². The molecule has 0 radical (unpaired) electrons. The second-order valence-electron chi connectivity index (χ2n) is 4.18. The van der Waals surface area contributed by atoms with Crippen molar-refractivity contribution in [1.29, 1.82) is 0 Å². The average molecular weight is 211 g/mol. The van der Waals surface area contributed by atoms with Crippen molar-refractivity contribution < 1.29 is 14.7 Å². The number of carbonyl (C=O) groups excluding carboxylic acids is 1. The fourth-order valence-electron chi connectivity index (χ4n) is 2.06. The lowest BCUT2D eigenvalue weighted by Gasteiger charge is -2.41. The van der Waals surface area contributed by atoms with Crippen molar-refractivity contribution in [2.75, 3.05) is 13.6 Å². The Balaban J connectivity index is 2.64. The molecular formula is C11H17NO3. The molecule has 0 heterocycles. The number of carboxylic acid groups (broad SMARTS) is 1. The highest BCUT2D eigenvalue weighted by atomic mass is 16.4. The van der Waals surface area contributed by atoms with Crippen molar-refractivity contribution in [3.63, 3.8) is 0 Å². The minimum Gasteiger partial charge on any atom is -0.480 e. The first-order chi connectivity index (χ1) is 7.02. The van der Waals surface area contributed by atoms with E-state index in [0.29, 0.717) is 6.42 Å². The molecule has 0 aromatic rings. The minimum absolute atomic E-state index is 0.0592. The highest BCUT2D eigenvalue weighted by Crippen LogP contribution is 2.45. The second kappa shape index (κ2) is 4.47. The molecule has 84 valence electrons. The summed E-state index contributed by atoms with van der Waals surface area (Å²) in [7, 11) is 1.54. The number of aliphatic carboxylic acids is 1. The van der Waals surface area contributed by atoms with Gasteiger partial charge in [0.1, 0.15) is 6.54 Å². The standard InChI is InChI=1S/C11H17NO3/c1-3-5-11(6-4-7-11)10(15)12(2)8-9(13)14/h3H,1,4-8H2,2H3,(H,13,14). The van der Waals surface area contributed by atoms with Crippen LogP contribution in [0.4, 0.5) is 0 Å². The van der Waals surface area contributed by atoms with Crippen molar-refractivity contribution in [1.82, 2.24) is 4.90 Å². The predicted octanol–water partition coefficient (Wildman–Crippen LogP) is 1.28. The van der Waals surface area contributed by atoms with Crippen molar-refractivity contribution >= 4 is 11.9 Å². The lowest BCUT2D eigenvalue weighted by atomic mass is 9.65. The van der Waals surface area contributed by atoms with Gasteiger partial charge in [0.25, 0.3) is 0 Å². The van der Waals surface area contributed by atoms with Gasteiger partial charge in [-0.2, -0.15) is 0 Å². The number of carboxylic acids is 1. The number of likely N-dealkylation sites (N-methyl/N-ethyl adjacent to an activating group) is 1. The van der Waals surface area contributed by atoms with E-state index in [-0.39, 0.29) is 17.9 Å². The van der Waals surface area contributed by atoms with E-state index in [0.717, 1.165) is 19.3 Å². The van der Waals surface area contributed by atoms with E-state index >= 15 is 0 Å². The molecule has 0 bridgehead atoms. The number of rotatable bonds is 5. The van der Waals surface area contributed by atoms with E-state index in [9.17, 15) is 9.59 Å². The molecule has 4 nitrogen and oxygen atoms in total. The molecule has 0 unspecified atom stereocenters. The summed E-state index contributed by atoms with van der Waals surface area (Å²) in [6.07, 6.45) is 5.13. The smallest absolute Gasteiger partial charge is 0.323 e. The Bertz CT molecular complexity index is 282. The summed E-state index contributed by atoms with van der Waals surface area (Å²) in [6.45, 7) is 3.42. The number of hydrogen-bond acceptors (Lipinski definition) is 2. The molecule has 1 saturated carbocycles. The Morgan fingerprint density at radius 2 is 2.13 bits per heavy atom. The first-order valence-electron chi connectivity index (χ1n) is 5.10. The van der Waals surface area contributed by atoms with Crippen LogP contribution in [0.5, 0.6) is 0 Å². The van der Waals surface area contributed by atoms with Gasteiger partial charge < -0.3 is 10.0 Å². The van der Waals surface area contributed by atoms with Crippen molar-refractivity contribution in [2.45, 2.75) is 25.7 Å². The molecule has 0 saturated heterocycles. The van der Waals surface area contributed by atoms with Gasteiger partial charge in [-0.1, -0.05) is 12.5 Å². The molecule has 1 aliphatic rings. The van der Waals surface area contributed by atoms with Crippen LogP contribution in [0.1, 0.15) is 25.7 Å². The van der Waals surface area contributed by atoms with Crippen LogP contribution in [0.25, 0.3) is 0 Å². The quantitative estimate of drug-likeness (QED) is 0.697. The van der Waals surface area contributed by atoms with Crippen molar-refractivity contribution in [3.05, 3.63) is 12.7 Å². The van der Waals surface area contributed by atoms with Gasteiger partial charge in [0, 0.05) is 7.05 Å². The molecule has 0 aromatic carbocycles. The number of amides is 1. The summed E-state index contributed by atoms with van der Waals surface area (Å²) in [5.74, 6) is -1.03. The third kappa shape index (κ3) is 2.37. The summed E-state index contributed by atoms with van der Waals surface area (Å²) < 4.78 is 0. The van der Waals surface area contributed by atoms with E-state index in [4.69, 9.17) is 5.11 Å². The van der Waals surface area contributed by atoms with Gasteiger partial charge in [-0.05, 0) is 19.3 Å². The molecule has 0 aromatic heterocycles. The van der Waals surface area contributed by atoms with Gasteiger partial charge >= 0.3 is 5.97 Å². The van der Waals surface area contributed by atoms with E-state index in [2.05, 4.69) is 6.58 Å². The Kier molecular flexibility index (Phi) is 3.50. The Morgan fingerprint density at radius 1 is 1.53 bits per heavy atom. The first-order valence-corrected chi connectivity index (χ1v) is 5.10. The van der Waals surface area contributed by atoms with Gasteiger partial charge in [-0.25, -0.2) is 0 Å². The third-order valence-corrected chi connectivity index (χ3v) is 3.02. The molecule has 0 atom stereocenters. The zero-order chi connectivity index (χ0) is 11.5. The topological polar surface area (TPSA) is 57.6 Å². The lowest BCUT2D eigenvalue weighted by molar-refractivity contribution is -0.151. The third-order valence-electron chi connectivity index (χ3n) is 3.02. The van der Waals surface area contributed by atoms with Gasteiger partial charge in [-0.15, -0.1) is 6.58 Å². The molecule has 1 amide bonds. The van der Waals surface area contributed by atoms with Gasteiger partial charge in [-0.3, -0.25) is 9.59 Å². The van der Waals surface area contributed by atoms with Crippen LogP contribution in [0.15, 0.2) is 12.7 Å². The molecule has 1 fully saturated rings. The number of carbonyl (C=O) groups is 2. The van der Waals surface area contributed by atoms with E-state index in [1.54, 1.807) is 13.1 Å². The highest BCUT2D eigenvalue weighted by molar-refractivity contribution is 5.86. The van der Waals surface area contributed by atoms with Crippen LogP contribution >= 0.6 is 0 Å². The van der Waals surface area contributed by atoms with Crippen LogP contribution in [0.2, 0.25) is 0 Å². The number of allylic oxidation sites excluding steroid dienone is 1. The summed E-state index contributed by atoms with van der Waals surface area (Å²) >= 11 is 0. The zero-order valence-corrected chi connectivity index (χ0v) is 9.03. The van der Waals surface area contributed by atoms with E-state index in [1.807, 2.05) is 0 Å². The Hall–Kier alpha value is -1.32. The summed E-state index contributed by atoms with van der Waals surface area (Å²) in [5, 5.41) is 8.61. The Labute approximate surface area is 89.6 Å². The minimum atomic E-state index is -0.973. The van der Waals surface area contributed by atoms with Crippen molar-refractivity contribution in [2.24, 2.45) is 5.41 Å². The van der Waals surface area contributed by atoms with Gasteiger partial charge in [0.15, 0.2) is 0 Å². The maximum absolute atomic E-state index is 12.0. The van der Waals surface area contributed by atoms with Crippen molar-refractivity contribution in [3.8, 4) is 0 Å². The molecule has 1 N–H and O–H groups in total. The molecule has 15 heavy (non-hydrogen) atoms. The zero-order valence-electron chi connectivity index (χ0n) is 9.03. The van der Waals surface area contributed by atoms with Crippen LogP contribution < -0.4 is 0 Å². The summed E-state index contributed by atoms with van der Waals surface area (Å²) in [5.41, 5.74) is -0.355. The summed E-state index contributed by atoms with van der Waals surface area (Å²) in [6, 6.07) is 0. The average Bonchev–Trinajstić information content (AvgIpc) is 2.09. The van der Waals surface area contributed by atoms with E-state index in [1.165, 1.54) is 4.90 Å². The van der Waals surface area contributed by atoms with Crippen LogP contribution in [0, 0.1) is 5.41 Å². The number of hydrogen-bond donors (Lipinski definition) is 1. The van der Waals surface area contributed by atoms with Crippen LogP contribution in [-0.2, 0) is 9.59 Å². The highest BCUT2D eigenvalue weighted by Gasteiger charge is 2.44. The molecule has 1 aliphatic carbocycles. The monoisotopic (exact) mass is 211 g/mol. The normalized spacial score (nSPS) is 17.7. The number of nitrogens with zero attached hydrogens (tertiary/aromatic N) is 1. The first kappa shape index (κ1) is 11.8. The summed E-state index contributed by atoms with van der Waals surface area (Å²) in [4.78, 5) is 23.8. The maximum Gasteiger partial charge on any atom is 0.323 e. The van der Waals surface area contributed by atoms with Gasteiger partial charge in [0.2, 0.25) is 5.91 Å². The maximum atomic E-state index is 12.0. The second-order valence-corrected chi connectivity index (χ2v) is 4.18. The SMILES string of the molecule is C=CCC1(C(=O)N(C)CC(=O)O)CCC1. The predicted molar refractivity (Wildman–Crippen MR) is 56.4 cm³/mol. The molecule has 0 aliphatic heterocycles. The van der Waals surface area contributed by atoms with Crippen LogP contribution in [-0.4, -0.2) is 35.5 Å². The van der Waals surface area contributed by atoms with Crippen LogP contribution in [0.3, 0.4) is 0 Å². The van der Waals surface area contributed by atoms with Gasteiger partial charge in [0.05, 0.1) is 5.41 Å². The molecular weight excluding hydrogens is 194 g/mol.